The molecule has 0 bridgehead atoms. The van der Waals surface area contributed by atoms with Gasteiger partial charge < -0.3 is 23.4 Å². The zero-order valence-corrected chi connectivity index (χ0v) is 18.5. The largest absolute Gasteiger partial charge is 0.496 e. The van der Waals surface area contributed by atoms with Crippen molar-refractivity contribution in [2.24, 2.45) is 0 Å². The van der Waals surface area contributed by atoms with Crippen LogP contribution in [-0.4, -0.2) is 40.2 Å². The number of carbonyl (C=O) groups is 2. The quantitative estimate of drug-likeness (QED) is 0.297. The number of aryl methyl sites for hydroxylation is 1. The molecular formula is C24H24O8. The fourth-order valence-corrected chi connectivity index (χ4v) is 3.65. The van der Waals surface area contributed by atoms with Crippen molar-refractivity contribution in [2.75, 3.05) is 28.4 Å². The second-order valence-electron chi connectivity index (χ2n) is 7.06. The third kappa shape index (κ3) is 4.30. The number of rotatable bonds is 8. The van der Waals surface area contributed by atoms with Gasteiger partial charge in [-0.1, -0.05) is 0 Å². The van der Waals surface area contributed by atoms with Crippen LogP contribution in [0.15, 0.2) is 45.6 Å². The van der Waals surface area contributed by atoms with E-state index in [1.165, 1.54) is 34.5 Å². The van der Waals surface area contributed by atoms with Crippen molar-refractivity contribution < 1.29 is 33.0 Å². The molecule has 0 N–H and O–H groups in total. The molecule has 3 rings (SSSR count). The number of fused-ring (bicyclic) bond motifs is 1. The third-order valence-corrected chi connectivity index (χ3v) is 5.32. The lowest BCUT2D eigenvalue weighted by Gasteiger charge is -2.17. The highest BCUT2D eigenvalue weighted by Crippen LogP contribution is 2.34. The smallest absolute Gasteiger partial charge is 0.336 e. The molecule has 0 saturated heterocycles. The SMILES string of the molecule is COC(=O)C(CC(=O)c1ccc(OC)c(OC)c1)c1cc(=O)oc2c(C)c(OC)ccc12. The van der Waals surface area contributed by atoms with Crippen molar-refractivity contribution in [1.29, 1.82) is 0 Å². The van der Waals surface area contributed by atoms with Crippen LogP contribution >= 0.6 is 0 Å². The summed E-state index contributed by atoms with van der Waals surface area (Å²) in [4.78, 5) is 38.1. The molecule has 0 spiro atoms. The molecule has 0 aliphatic heterocycles. The van der Waals surface area contributed by atoms with E-state index in [0.29, 0.717) is 44.9 Å². The molecule has 0 saturated carbocycles. The summed E-state index contributed by atoms with van der Waals surface area (Å²) in [6, 6.07) is 9.37. The first-order valence-corrected chi connectivity index (χ1v) is 9.79. The highest BCUT2D eigenvalue weighted by Gasteiger charge is 2.29. The molecule has 1 atom stereocenters. The zero-order chi connectivity index (χ0) is 23.4. The summed E-state index contributed by atoms with van der Waals surface area (Å²) in [5, 5.41) is 0.526. The number of hydrogen-bond donors (Lipinski definition) is 0. The number of benzene rings is 2. The van der Waals surface area contributed by atoms with Crippen LogP contribution in [0.5, 0.6) is 17.2 Å². The van der Waals surface area contributed by atoms with Gasteiger partial charge in [-0.15, -0.1) is 0 Å². The Morgan fingerprint density at radius 2 is 1.56 bits per heavy atom. The van der Waals surface area contributed by atoms with Gasteiger partial charge in [-0.25, -0.2) is 4.79 Å². The standard InChI is InChI=1S/C24H24O8/c1-13-19(28-2)9-7-15-16(12-22(26)32-23(13)15)17(24(27)31-5)11-18(25)14-6-8-20(29-3)21(10-14)30-4/h6-10,12,17H,11H2,1-5H3. The second-order valence-corrected chi connectivity index (χ2v) is 7.06. The Kier molecular flexibility index (Phi) is 6.82. The lowest BCUT2D eigenvalue weighted by atomic mass is 9.89. The van der Waals surface area contributed by atoms with Crippen molar-refractivity contribution in [3.63, 3.8) is 0 Å². The predicted molar refractivity (Wildman–Crippen MR) is 117 cm³/mol. The van der Waals surface area contributed by atoms with Gasteiger partial charge in [0.25, 0.3) is 0 Å². The van der Waals surface area contributed by atoms with Gasteiger partial charge in [-0.2, -0.15) is 0 Å². The highest BCUT2D eigenvalue weighted by molar-refractivity contribution is 6.01. The average molecular weight is 440 g/mol. The fraction of sp³-hybridized carbons (Fsp3) is 0.292. The molecule has 32 heavy (non-hydrogen) atoms. The second kappa shape index (κ2) is 9.55. The van der Waals surface area contributed by atoms with Gasteiger partial charge in [0.05, 0.1) is 34.4 Å². The number of methoxy groups -OCH3 is 4. The summed E-state index contributed by atoms with van der Waals surface area (Å²) >= 11 is 0. The summed E-state index contributed by atoms with van der Waals surface area (Å²) in [5.41, 5.74) is 0.943. The number of Topliss-reactive ketones (excluding diaryl/α,β-unsaturated/α-hetero) is 1. The monoisotopic (exact) mass is 440 g/mol. The van der Waals surface area contributed by atoms with Gasteiger partial charge in [-0.05, 0) is 42.8 Å². The lowest BCUT2D eigenvalue weighted by molar-refractivity contribution is -0.142. The van der Waals surface area contributed by atoms with E-state index in [-0.39, 0.29) is 12.2 Å². The average Bonchev–Trinajstić information content (AvgIpc) is 2.81. The normalized spacial score (nSPS) is 11.7. The van der Waals surface area contributed by atoms with E-state index >= 15 is 0 Å². The molecule has 1 heterocycles. The van der Waals surface area contributed by atoms with Crippen molar-refractivity contribution in [1.82, 2.24) is 0 Å². The maximum absolute atomic E-state index is 13.1. The molecule has 0 amide bonds. The molecule has 8 nitrogen and oxygen atoms in total. The van der Waals surface area contributed by atoms with Crippen molar-refractivity contribution in [3.8, 4) is 17.2 Å². The first-order chi connectivity index (χ1) is 15.3. The predicted octanol–water partition coefficient (Wildman–Crippen LogP) is 3.66. The van der Waals surface area contributed by atoms with E-state index in [4.69, 9.17) is 23.4 Å². The number of hydrogen-bond acceptors (Lipinski definition) is 8. The van der Waals surface area contributed by atoms with Crippen LogP contribution in [-0.2, 0) is 9.53 Å². The van der Waals surface area contributed by atoms with Crippen LogP contribution in [0, 0.1) is 6.92 Å². The van der Waals surface area contributed by atoms with Crippen LogP contribution in [0.3, 0.4) is 0 Å². The van der Waals surface area contributed by atoms with E-state index in [9.17, 15) is 14.4 Å². The van der Waals surface area contributed by atoms with Gasteiger partial charge in [0.15, 0.2) is 17.3 Å². The van der Waals surface area contributed by atoms with Gasteiger partial charge >= 0.3 is 11.6 Å². The number of esters is 1. The van der Waals surface area contributed by atoms with Crippen molar-refractivity contribution in [2.45, 2.75) is 19.3 Å². The molecule has 0 radical (unpaired) electrons. The van der Waals surface area contributed by atoms with Gasteiger partial charge in [0.2, 0.25) is 0 Å². The molecule has 1 aromatic heterocycles. The fourth-order valence-electron chi connectivity index (χ4n) is 3.65. The molecule has 168 valence electrons. The molecule has 0 aliphatic carbocycles. The minimum Gasteiger partial charge on any atom is -0.496 e. The van der Waals surface area contributed by atoms with Crippen LogP contribution in [0.25, 0.3) is 11.0 Å². The Balaban J connectivity index is 2.09. The highest BCUT2D eigenvalue weighted by atomic mass is 16.5. The maximum atomic E-state index is 13.1. The summed E-state index contributed by atoms with van der Waals surface area (Å²) in [5.74, 6) is -0.577. The minimum absolute atomic E-state index is 0.216. The Hall–Kier alpha value is -3.81. The van der Waals surface area contributed by atoms with Crippen molar-refractivity contribution in [3.05, 3.63) is 63.5 Å². The van der Waals surface area contributed by atoms with E-state index in [2.05, 4.69) is 0 Å². The molecule has 3 aromatic rings. The Labute approximate surface area is 184 Å². The molecule has 0 aliphatic rings. The first kappa shape index (κ1) is 22.9. The Bertz CT molecular complexity index is 1220. The number of carbonyl (C=O) groups excluding carboxylic acids is 2. The molecule has 8 heteroatoms. The van der Waals surface area contributed by atoms with E-state index in [1.807, 2.05) is 0 Å². The summed E-state index contributed by atoms with van der Waals surface area (Å²) in [7, 11) is 5.71. The van der Waals surface area contributed by atoms with Crippen LogP contribution in [0.4, 0.5) is 0 Å². The topological polar surface area (TPSA) is 101 Å². The Morgan fingerprint density at radius 3 is 2.19 bits per heavy atom. The van der Waals surface area contributed by atoms with Gasteiger partial charge in [-0.3, -0.25) is 9.59 Å². The molecule has 1 unspecified atom stereocenters. The van der Waals surface area contributed by atoms with E-state index < -0.39 is 17.5 Å². The molecule has 2 aromatic carbocycles. The van der Waals surface area contributed by atoms with E-state index in [1.54, 1.807) is 37.3 Å². The number of ketones is 1. The summed E-state index contributed by atoms with van der Waals surface area (Å²) in [6.07, 6.45) is -0.216. The minimum atomic E-state index is -1.01. The maximum Gasteiger partial charge on any atom is 0.336 e. The summed E-state index contributed by atoms with van der Waals surface area (Å²) < 4.78 is 26.1. The molecule has 0 fully saturated rings. The first-order valence-electron chi connectivity index (χ1n) is 9.79. The van der Waals surface area contributed by atoms with Crippen LogP contribution in [0.2, 0.25) is 0 Å². The Morgan fingerprint density at radius 1 is 0.906 bits per heavy atom. The van der Waals surface area contributed by atoms with Crippen LogP contribution in [0.1, 0.15) is 33.8 Å². The van der Waals surface area contributed by atoms with Crippen molar-refractivity contribution >= 4 is 22.7 Å². The van der Waals surface area contributed by atoms with Gasteiger partial charge in [0.1, 0.15) is 11.3 Å². The zero-order valence-electron chi connectivity index (χ0n) is 18.5. The lowest BCUT2D eigenvalue weighted by Crippen LogP contribution is -2.20. The van der Waals surface area contributed by atoms with E-state index in [0.717, 1.165) is 0 Å². The van der Waals surface area contributed by atoms with Crippen LogP contribution < -0.4 is 19.8 Å². The van der Waals surface area contributed by atoms with Gasteiger partial charge in [0, 0.05) is 29.0 Å². The number of ether oxygens (including phenoxy) is 4. The third-order valence-electron chi connectivity index (χ3n) is 5.32. The molecular weight excluding hydrogens is 416 g/mol. The summed E-state index contributed by atoms with van der Waals surface area (Å²) in [6.45, 7) is 1.75.